The van der Waals surface area contributed by atoms with Crippen molar-refractivity contribution in [1.82, 2.24) is 9.97 Å². The number of hydrogen-bond acceptors (Lipinski definition) is 4. The van der Waals surface area contributed by atoms with Gasteiger partial charge in [0.2, 0.25) is 0 Å². The Balaban J connectivity index is 1.52. The van der Waals surface area contributed by atoms with Crippen molar-refractivity contribution in [2.24, 2.45) is 0 Å². The molecule has 2 heterocycles. The minimum atomic E-state index is 0.104. The van der Waals surface area contributed by atoms with E-state index in [1.54, 1.807) is 6.20 Å². The maximum Gasteiger partial charge on any atom is 0.130 e. The van der Waals surface area contributed by atoms with Crippen molar-refractivity contribution in [3.05, 3.63) is 138 Å². The molecule has 0 unspecified atom stereocenters. The summed E-state index contributed by atoms with van der Waals surface area (Å²) < 4.78 is 0. The number of nitrogens with zero attached hydrogens (tertiary/aromatic N) is 2. The van der Waals surface area contributed by atoms with E-state index in [1.165, 1.54) is 16.7 Å². The highest BCUT2D eigenvalue weighted by atomic mass is 15.0. The molecular formula is C30H26N4. The Morgan fingerprint density at radius 3 is 1.97 bits per heavy atom. The van der Waals surface area contributed by atoms with Crippen molar-refractivity contribution in [3.8, 4) is 11.1 Å². The van der Waals surface area contributed by atoms with Gasteiger partial charge in [0.15, 0.2) is 0 Å². The van der Waals surface area contributed by atoms with Crippen LogP contribution in [-0.4, -0.2) is 9.97 Å². The van der Waals surface area contributed by atoms with Crippen molar-refractivity contribution in [2.75, 3.05) is 11.1 Å². The molecule has 0 atom stereocenters. The molecule has 5 aromatic rings. The van der Waals surface area contributed by atoms with Gasteiger partial charge in [-0.1, -0.05) is 78.9 Å². The van der Waals surface area contributed by atoms with Gasteiger partial charge in [-0.05, 0) is 53.4 Å². The van der Waals surface area contributed by atoms with E-state index in [9.17, 15) is 0 Å². The van der Waals surface area contributed by atoms with Gasteiger partial charge in [0, 0.05) is 35.1 Å². The second kappa shape index (κ2) is 9.59. The van der Waals surface area contributed by atoms with Crippen LogP contribution in [0.5, 0.6) is 0 Å². The van der Waals surface area contributed by atoms with Crippen LogP contribution < -0.4 is 11.1 Å². The van der Waals surface area contributed by atoms with Crippen LogP contribution in [0.25, 0.3) is 11.1 Å². The van der Waals surface area contributed by atoms with Crippen molar-refractivity contribution < 1.29 is 0 Å². The first-order chi connectivity index (χ1) is 16.7. The van der Waals surface area contributed by atoms with Crippen molar-refractivity contribution in [2.45, 2.75) is 12.8 Å². The summed E-state index contributed by atoms with van der Waals surface area (Å²) in [6.07, 6.45) is 3.67. The molecule has 0 bridgehead atoms. The quantitative estimate of drug-likeness (QED) is 0.279. The Morgan fingerprint density at radius 1 is 0.706 bits per heavy atom. The zero-order chi connectivity index (χ0) is 23.3. The molecule has 0 saturated heterocycles. The average molecular weight is 443 g/mol. The van der Waals surface area contributed by atoms with E-state index >= 15 is 0 Å². The summed E-state index contributed by atoms with van der Waals surface area (Å²) in [5, 5.41) is 3.57. The molecule has 0 fully saturated rings. The number of pyridine rings is 2. The smallest absolute Gasteiger partial charge is 0.130 e. The van der Waals surface area contributed by atoms with E-state index < -0.39 is 0 Å². The minimum Gasteiger partial charge on any atom is -0.384 e. The second-order valence-electron chi connectivity index (χ2n) is 8.32. The topological polar surface area (TPSA) is 63.8 Å². The summed E-state index contributed by atoms with van der Waals surface area (Å²) in [5.74, 6) is 1.42. The number of nitrogen functional groups attached to an aromatic ring is 1. The van der Waals surface area contributed by atoms with Crippen LogP contribution in [0.1, 0.15) is 28.2 Å². The Kier molecular flexibility index (Phi) is 6.04. The molecule has 0 aliphatic heterocycles. The molecule has 34 heavy (non-hydrogen) atoms. The number of rotatable bonds is 6. The summed E-state index contributed by atoms with van der Waals surface area (Å²) >= 11 is 0. The minimum absolute atomic E-state index is 0.104. The fourth-order valence-corrected chi connectivity index (χ4v) is 4.33. The van der Waals surface area contributed by atoms with Gasteiger partial charge in [-0.15, -0.1) is 0 Å². The molecule has 0 saturated carbocycles. The maximum absolute atomic E-state index is 5.74. The summed E-state index contributed by atoms with van der Waals surface area (Å²) in [7, 11) is 0. The van der Waals surface area contributed by atoms with Crippen LogP contribution in [0.2, 0.25) is 0 Å². The summed E-state index contributed by atoms with van der Waals surface area (Å²) in [5.41, 5.74) is 13.6. The molecule has 0 radical (unpaired) electrons. The van der Waals surface area contributed by atoms with E-state index in [2.05, 4.69) is 108 Å². The van der Waals surface area contributed by atoms with Gasteiger partial charge in [0.25, 0.3) is 0 Å². The SMILES string of the molecule is Cc1cc(Nc2ccccc2C(c2ccccc2)c2ccccc2)ncc1-c1ccc(N)nc1. The van der Waals surface area contributed by atoms with Crippen LogP contribution in [0.3, 0.4) is 0 Å². The monoisotopic (exact) mass is 442 g/mol. The molecule has 5 rings (SSSR count). The van der Waals surface area contributed by atoms with Crippen molar-refractivity contribution in [1.29, 1.82) is 0 Å². The third kappa shape index (κ3) is 4.52. The number of anilines is 3. The number of aryl methyl sites for hydroxylation is 1. The molecule has 4 nitrogen and oxygen atoms in total. The highest BCUT2D eigenvalue weighted by molar-refractivity contribution is 5.70. The van der Waals surface area contributed by atoms with Crippen LogP contribution in [0.4, 0.5) is 17.3 Å². The van der Waals surface area contributed by atoms with Gasteiger partial charge in [-0.2, -0.15) is 0 Å². The van der Waals surface area contributed by atoms with Gasteiger partial charge < -0.3 is 11.1 Å². The molecule has 0 spiro atoms. The number of nitrogens with one attached hydrogen (secondary N) is 1. The first-order valence-corrected chi connectivity index (χ1v) is 11.3. The zero-order valence-corrected chi connectivity index (χ0v) is 19.0. The van der Waals surface area contributed by atoms with Crippen molar-refractivity contribution >= 4 is 17.3 Å². The predicted molar refractivity (Wildman–Crippen MR) is 140 cm³/mol. The highest BCUT2D eigenvalue weighted by Crippen LogP contribution is 2.37. The van der Waals surface area contributed by atoms with E-state index in [0.717, 1.165) is 28.2 Å². The Bertz CT molecular complexity index is 1340. The molecule has 0 aliphatic carbocycles. The van der Waals surface area contributed by atoms with Crippen LogP contribution in [-0.2, 0) is 0 Å². The van der Waals surface area contributed by atoms with Gasteiger partial charge in [0.1, 0.15) is 11.6 Å². The number of nitrogens with two attached hydrogens (primary N) is 1. The lowest BCUT2D eigenvalue weighted by molar-refractivity contribution is 0.979. The molecule has 2 aromatic heterocycles. The Morgan fingerprint density at radius 2 is 1.35 bits per heavy atom. The number of para-hydroxylation sites is 1. The third-order valence-electron chi connectivity index (χ3n) is 6.01. The first kappa shape index (κ1) is 21.4. The molecular weight excluding hydrogens is 416 g/mol. The molecule has 3 aromatic carbocycles. The maximum atomic E-state index is 5.74. The largest absolute Gasteiger partial charge is 0.384 e. The van der Waals surface area contributed by atoms with E-state index in [0.29, 0.717) is 5.82 Å². The Hall–Kier alpha value is -4.44. The van der Waals surface area contributed by atoms with Crippen molar-refractivity contribution in [3.63, 3.8) is 0 Å². The number of benzene rings is 3. The van der Waals surface area contributed by atoms with E-state index in [1.807, 2.05) is 18.3 Å². The fourth-order valence-electron chi connectivity index (χ4n) is 4.33. The average Bonchev–Trinajstić information content (AvgIpc) is 2.87. The van der Waals surface area contributed by atoms with Crippen LogP contribution in [0, 0.1) is 6.92 Å². The number of hydrogen-bond donors (Lipinski definition) is 2. The van der Waals surface area contributed by atoms with Gasteiger partial charge in [-0.3, -0.25) is 0 Å². The van der Waals surface area contributed by atoms with Gasteiger partial charge in [-0.25, -0.2) is 9.97 Å². The normalized spacial score (nSPS) is 10.9. The predicted octanol–water partition coefficient (Wildman–Crippen LogP) is 6.96. The second-order valence-corrected chi connectivity index (χ2v) is 8.32. The summed E-state index contributed by atoms with van der Waals surface area (Å²) in [6.45, 7) is 2.08. The zero-order valence-electron chi connectivity index (χ0n) is 19.0. The summed E-state index contributed by atoms with van der Waals surface area (Å²) in [6, 6.07) is 35.5. The first-order valence-electron chi connectivity index (χ1n) is 11.3. The Labute approximate surface area is 200 Å². The van der Waals surface area contributed by atoms with Crippen LogP contribution >= 0.6 is 0 Å². The van der Waals surface area contributed by atoms with E-state index in [4.69, 9.17) is 10.7 Å². The third-order valence-corrected chi connectivity index (χ3v) is 6.01. The van der Waals surface area contributed by atoms with Gasteiger partial charge in [0.05, 0.1) is 0 Å². The molecule has 0 aliphatic rings. The standard InChI is InChI=1S/C30H26N4/c1-21-18-29(33-20-26(21)24-16-17-28(31)32-19-24)34-27-15-9-8-14-25(27)30(22-10-4-2-5-11-22)23-12-6-3-7-13-23/h2-20,30H,1H3,(H2,31,32)(H,33,34). The van der Waals surface area contributed by atoms with E-state index in [-0.39, 0.29) is 5.92 Å². The number of aromatic nitrogens is 2. The lowest BCUT2D eigenvalue weighted by Gasteiger charge is -2.22. The fraction of sp³-hybridized carbons (Fsp3) is 0.0667. The lowest BCUT2D eigenvalue weighted by atomic mass is 9.84. The molecule has 4 heteroatoms. The molecule has 166 valence electrons. The molecule has 3 N–H and O–H groups in total. The highest BCUT2D eigenvalue weighted by Gasteiger charge is 2.19. The van der Waals surface area contributed by atoms with Gasteiger partial charge >= 0.3 is 0 Å². The molecule has 0 amide bonds. The lowest BCUT2D eigenvalue weighted by Crippen LogP contribution is -2.07. The van der Waals surface area contributed by atoms with Crippen LogP contribution in [0.15, 0.2) is 116 Å². The summed E-state index contributed by atoms with van der Waals surface area (Å²) in [4.78, 5) is 8.92.